The van der Waals surface area contributed by atoms with Crippen molar-refractivity contribution >= 4 is 17.2 Å². The summed E-state index contributed by atoms with van der Waals surface area (Å²) >= 11 is 5.86. The molecule has 0 radical (unpaired) electrons. The summed E-state index contributed by atoms with van der Waals surface area (Å²) in [6.07, 6.45) is -0.0856. The van der Waals surface area contributed by atoms with Gasteiger partial charge in [-0.3, -0.25) is 4.40 Å². The highest BCUT2D eigenvalue weighted by Crippen LogP contribution is 2.36. The van der Waals surface area contributed by atoms with Crippen LogP contribution >= 0.6 is 11.6 Å². The van der Waals surface area contributed by atoms with Crippen molar-refractivity contribution < 1.29 is 17.9 Å². The van der Waals surface area contributed by atoms with Crippen LogP contribution in [0.4, 0.5) is 13.2 Å². The van der Waals surface area contributed by atoms with E-state index in [4.69, 9.17) is 16.3 Å². The van der Waals surface area contributed by atoms with Crippen molar-refractivity contribution in [1.29, 1.82) is 0 Å². The Balaban J connectivity index is 2.03. The van der Waals surface area contributed by atoms with Gasteiger partial charge in [-0.2, -0.15) is 13.2 Å². The molecule has 0 fully saturated rings. The summed E-state index contributed by atoms with van der Waals surface area (Å²) in [6.45, 7) is 0. The van der Waals surface area contributed by atoms with Crippen LogP contribution in [0.15, 0.2) is 36.9 Å². The molecule has 0 unspecified atom stereocenters. The largest absolute Gasteiger partial charge is 0.434 e. The van der Waals surface area contributed by atoms with Crippen molar-refractivity contribution in [3.63, 3.8) is 0 Å². The van der Waals surface area contributed by atoms with E-state index in [1.54, 1.807) is 6.20 Å². The second kappa shape index (κ2) is 4.88. The van der Waals surface area contributed by atoms with Crippen LogP contribution in [0.5, 0.6) is 11.6 Å². The van der Waals surface area contributed by atoms with Gasteiger partial charge in [0, 0.05) is 12.4 Å². The Morgan fingerprint density at radius 3 is 2.81 bits per heavy atom. The molecule has 3 aromatic rings. The van der Waals surface area contributed by atoms with Gasteiger partial charge in [0.15, 0.2) is 0 Å². The molecule has 0 saturated carbocycles. The molecule has 0 atom stereocenters. The maximum Gasteiger partial charge on any atom is 0.416 e. The molecular formula is C12H6ClF3N4O. The van der Waals surface area contributed by atoms with Crippen molar-refractivity contribution in [2.75, 3.05) is 0 Å². The van der Waals surface area contributed by atoms with E-state index in [2.05, 4.69) is 15.2 Å². The Labute approximate surface area is 121 Å². The van der Waals surface area contributed by atoms with Crippen molar-refractivity contribution in [2.24, 2.45) is 0 Å². The van der Waals surface area contributed by atoms with Gasteiger partial charge in [0.25, 0.3) is 5.88 Å². The maximum absolute atomic E-state index is 12.7. The summed E-state index contributed by atoms with van der Waals surface area (Å²) in [7, 11) is 0. The molecule has 0 spiro atoms. The van der Waals surface area contributed by atoms with Crippen LogP contribution in [0.2, 0.25) is 5.02 Å². The van der Waals surface area contributed by atoms with Crippen molar-refractivity contribution in [3.05, 3.63) is 47.5 Å². The van der Waals surface area contributed by atoms with Crippen LogP contribution in [-0.4, -0.2) is 19.6 Å². The van der Waals surface area contributed by atoms with E-state index in [1.807, 2.05) is 0 Å². The van der Waals surface area contributed by atoms with Crippen LogP contribution in [0, 0.1) is 0 Å². The number of aromatic nitrogens is 4. The predicted octanol–water partition coefficient (Wildman–Crippen LogP) is 3.59. The van der Waals surface area contributed by atoms with Gasteiger partial charge in [-0.25, -0.2) is 4.98 Å². The van der Waals surface area contributed by atoms with Crippen molar-refractivity contribution in [3.8, 4) is 11.6 Å². The molecule has 2 aromatic heterocycles. The second-order valence-corrected chi connectivity index (χ2v) is 4.45. The summed E-state index contributed by atoms with van der Waals surface area (Å²) in [5.41, 5.74) is -0.596. The topological polar surface area (TPSA) is 52.3 Å². The van der Waals surface area contributed by atoms with Crippen molar-refractivity contribution in [1.82, 2.24) is 19.6 Å². The van der Waals surface area contributed by atoms with Gasteiger partial charge in [-0.1, -0.05) is 11.6 Å². The Kier molecular flexibility index (Phi) is 3.17. The Hall–Kier alpha value is -2.35. The minimum absolute atomic E-state index is 0.0104. The van der Waals surface area contributed by atoms with Crippen LogP contribution in [-0.2, 0) is 6.18 Å². The van der Waals surface area contributed by atoms with E-state index in [1.165, 1.54) is 16.9 Å². The zero-order chi connectivity index (χ0) is 15.0. The lowest BCUT2D eigenvalue weighted by atomic mass is 10.2. The fourth-order valence-electron chi connectivity index (χ4n) is 1.67. The highest BCUT2D eigenvalue weighted by molar-refractivity contribution is 6.32. The van der Waals surface area contributed by atoms with E-state index in [-0.39, 0.29) is 22.3 Å². The van der Waals surface area contributed by atoms with Gasteiger partial charge in [-0.15, -0.1) is 10.2 Å². The molecule has 21 heavy (non-hydrogen) atoms. The van der Waals surface area contributed by atoms with E-state index in [0.717, 1.165) is 18.2 Å². The lowest BCUT2D eigenvalue weighted by Crippen LogP contribution is -2.05. The number of hydrogen-bond acceptors (Lipinski definition) is 4. The van der Waals surface area contributed by atoms with Gasteiger partial charge in [0.05, 0.1) is 10.6 Å². The number of hydrogen-bond donors (Lipinski definition) is 0. The molecule has 0 N–H and O–H groups in total. The molecule has 5 nitrogen and oxygen atoms in total. The summed E-state index contributed by atoms with van der Waals surface area (Å²) in [4.78, 5) is 3.92. The number of benzene rings is 1. The minimum Gasteiger partial charge on any atom is -0.434 e. The molecule has 0 saturated heterocycles. The summed E-state index contributed by atoms with van der Waals surface area (Å²) in [5, 5.41) is 7.47. The minimum atomic E-state index is -4.49. The fourth-order valence-corrected chi connectivity index (χ4v) is 1.83. The Morgan fingerprint density at radius 2 is 2.05 bits per heavy atom. The zero-order valence-corrected chi connectivity index (χ0v) is 10.9. The van der Waals surface area contributed by atoms with Crippen molar-refractivity contribution in [2.45, 2.75) is 6.18 Å². The Morgan fingerprint density at radius 1 is 1.24 bits per heavy atom. The zero-order valence-electron chi connectivity index (χ0n) is 10.2. The van der Waals surface area contributed by atoms with Gasteiger partial charge in [-0.05, 0) is 18.2 Å². The second-order valence-electron chi connectivity index (χ2n) is 4.04. The molecule has 1 aromatic carbocycles. The summed E-state index contributed by atoms with van der Waals surface area (Å²) in [5.74, 6) is -0.147. The third-order valence-electron chi connectivity index (χ3n) is 2.65. The lowest BCUT2D eigenvalue weighted by Gasteiger charge is -2.11. The van der Waals surface area contributed by atoms with E-state index in [0.29, 0.717) is 0 Å². The molecule has 108 valence electrons. The van der Waals surface area contributed by atoms with E-state index < -0.39 is 11.7 Å². The first-order valence-electron chi connectivity index (χ1n) is 5.64. The highest BCUT2D eigenvalue weighted by atomic mass is 35.5. The molecule has 3 rings (SSSR count). The number of nitrogens with zero attached hydrogens (tertiary/aromatic N) is 4. The molecular weight excluding hydrogens is 309 g/mol. The highest BCUT2D eigenvalue weighted by Gasteiger charge is 2.31. The fraction of sp³-hybridized carbons (Fsp3) is 0.0833. The van der Waals surface area contributed by atoms with E-state index in [9.17, 15) is 13.2 Å². The molecule has 0 amide bonds. The number of ether oxygens (including phenoxy) is 1. The van der Waals surface area contributed by atoms with Gasteiger partial charge in [0.2, 0.25) is 5.65 Å². The SMILES string of the molecule is FC(F)(F)c1ccc(Cl)c(Oc2nccn3cnnc23)c1. The number of alkyl halides is 3. The molecule has 0 aliphatic heterocycles. The molecule has 2 heterocycles. The molecule has 0 aliphatic carbocycles. The summed E-state index contributed by atoms with van der Waals surface area (Å²) < 4.78 is 45.0. The normalized spacial score (nSPS) is 11.8. The third-order valence-corrected chi connectivity index (χ3v) is 2.96. The van der Waals surface area contributed by atoms with Gasteiger partial charge in [0.1, 0.15) is 12.1 Å². The smallest absolute Gasteiger partial charge is 0.416 e. The van der Waals surface area contributed by atoms with Crippen LogP contribution in [0.3, 0.4) is 0 Å². The average Bonchev–Trinajstić information content (AvgIpc) is 2.89. The lowest BCUT2D eigenvalue weighted by molar-refractivity contribution is -0.137. The van der Waals surface area contributed by atoms with Gasteiger partial charge < -0.3 is 4.74 Å². The molecule has 9 heteroatoms. The predicted molar refractivity (Wildman–Crippen MR) is 67.3 cm³/mol. The first-order chi connectivity index (χ1) is 9.95. The number of fused-ring (bicyclic) bond motifs is 1. The quantitative estimate of drug-likeness (QED) is 0.725. The Bertz CT molecular complexity index is 803. The summed E-state index contributed by atoms with van der Waals surface area (Å²) in [6, 6.07) is 2.80. The maximum atomic E-state index is 12.7. The van der Waals surface area contributed by atoms with E-state index >= 15 is 0 Å². The first kappa shape index (κ1) is 13.6. The van der Waals surface area contributed by atoms with Gasteiger partial charge >= 0.3 is 6.18 Å². The molecule has 0 aliphatic rings. The first-order valence-corrected chi connectivity index (χ1v) is 6.02. The average molecular weight is 315 g/mol. The van der Waals surface area contributed by atoms with Crippen LogP contribution in [0.25, 0.3) is 5.65 Å². The monoisotopic (exact) mass is 314 g/mol. The third kappa shape index (κ3) is 2.62. The number of halogens is 4. The number of rotatable bonds is 2. The van der Waals surface area contributed by atoms with Crippen LogP contribution in [0.1, 0.15) is 5.56 Å². The van der Waals surface area contributed by atoms with Crippen LogP contribution < -0.4 is 4.74 Å². The molecule has 0 bridgehead atoms. The standard InChI is InChI=1S/C12H6ClF3N4O/c13-8-2-1-7(12(14,15)16)5-9(8)21-11-10-19-18-6-20(10)4-3-17-11/h1-6H.